The molecule has 1 aliphatic rings. The van der Waals surface area contributed by atoms with Gasteiger partial charge in [-0.05, 0) is 43.0 Å². The smallest absolute Gasteiger partial charge is 0.244 e. The summed E-state index contributed by atoms with van der Waals surface area (Å²) in [6.07, 6.45) is 3.19. The number of carbonyl (C=O) groups is 1. The van der Waals surface area contributed by atoms with Gasteiger partial charge in [-0.25, -0.2) is 13.4 Å². The Morgan fingerprint density at radius 1 is 1.18 bits per heavy atom. The normalized spacial score (nSPS) is 14.9. The number of hydrogen-bond acceptors (Lipinski definition) is 5. The molecule has 1 aliphatic heterocycles. The lowest BCUT2D eigenvalue weighted by molar-refractivity contribution is -0.127. The minimum atomic E-state index is -3.45. The molecule has 150 valence electrons. The molecule has 2 aromatic rings. The van der Waals surface area contributed by atoms with Crippen LogP contribution in [-0.4, -0.2) is 54.4 Å². The molecule has 6 nitrogen and oxygen atoms in total. The molecule has 0 N–H and O–H groups in total. The molecule has 0 unspecified atom stereocenters. The van der Waals surface area contributed by atoms with Crippen molar-refractivity contribution in [2.24, 2.45) is 0 Å². The fourth-order valence-corrected chi connectivity index (χ4v) is 5.31. The van der Waals surface area contributed by atoms with Crippen molar-refractivity contribution in [1.82, 2.24) is 14.2 Å². The maximum atomic E-state index is 12.5. The fourth-order valence-electron chi connectivity index (χ4n) is 3.06. The molecule has 1 aromatic carbocycles. The van der Waals surface area contributed by atoms with Gasteiger partial charge in [0, 0.05) is 32.9 Å². The van der Waals surface area contributed by atoms with Gasteiger partial charge in [-0.2, -0.15) is 4.31 Å². The Labute approximate surface area is 171 Å². The maximum Gasteiger partial charge on any atom is 0.244 e. The zero-order chi connectivity index (χ0) is 20.1. The lowest BCUT2D eigenvalue weighted by Crippen LogP contribution is -2.28. The van der Waals surface area contributed by atoms with E-state index in [-0.39, 0.29) is 16.6 Å². The number of pyridine rings is 1. The van der Waals surface area contributed by atoms with Crippen LogP contribution in [0, 0.1) is 6.92 Å². The number of aryl methyl sites for hydroxylation is 1. The van der Waals surface area contributed by atoms with E-state index in [1.807, 2.05) is 31.2 Å². The molecule has 1 aromatic heterocycles. The topological polar surface area (TPSA) is 70.6 Å². The highest BCUT2D eigenvalue weighted by atomic mass is 32.2. The lowest BCUT2D eigenvalue weighted by Gasteiger charge is -2.18. The van der Waals surface area contributed by atoms with E-state index < -0.39 is 10.0 Å². The van der Waals surface area contributed by atoms with Crippen molar-refractivity contribution in [2.75, 3.05) is 25.9 Å². The zero-order valence-electron chi connectivity index (χ0n) is 16.2. The highest BCUT2D eigenvalue weighted by Crippen LogP contribution is 2.23. The molecule has 8 heteroatoms. The van der Waals surface area contributed by atoms with Crippen LogP contribution in [-0.2, 0) is 21.4 Å². The average Bonchev–Trinajstić information content (AvgIpc) is 3.24. The second-order valence-electron chi connectivity index (χ2n) is 6.91. The Hall–Kier alpha value is -1.90. The zero-order valence-corrected chi connectivity index (χ0v) is 17.8. The minimum absolute atomic E-state index is 0.00354. The van der Waals surface area contributed by atoms with Gasteiger partial charge < -0.3 is 4.90 Å². The fraction of sp³-hybridized carbons (Fsp3) is 0.400. The number of thioether (sulfide) groups is 1. The SMILES string of the molecule is Cc1ccccc1CN(C)C(=O)CSc1ccc(S(=O)(=O)N2CCCC2)cn1. The first-order valence-electron chi connectivity index (χ1n) is 9.25. The van der Waals surface area contributed by atoms with Gasteiger partial charge in [0.25, 0.3) is 0 Å². The number of sulfonamides is 1. The Bertz CT molecular complexity index is 924. The van der Waals surface area contributed by atoms with E-state index in [2.05, 4.69) is 4.98 Å². The molecule has 1 saturated heterocycles. The van der Waals surface area contributed by atoms with Crippen LogP contribution in [0.4, 0.5) is 0 Å². The summed E-state index contributed by atoms with van der Waals surface area (Å²) < 4.78 is 26.5. The number of benzene rings is 1. The molecule has 28 heavy (non-hydrogen) atoms. The van der Waals surface area contributed by atoms with E-state index in [9.17, 15) is 13.2 Å². The van der Waals surface area contributed by atoms with Crippen LogP contribution >= 0.6 is 11.8 Å². The first-order valence-corrected chi connectivity index (χ1v) is 11.7. The van der Waals surface area contributed by atoms with E-state index in [4.69, 9.17) is 0 Å². The molecule has 0 spiro atoms. The first-order chi connectivity index (χ1) is 13.4. The van der Waals surface area contributed by atoms with Crippen molar-refractivity contribution in [3.05, 3.63) is 53.7 Å². The second-order valence-corrected chi connectivity index (χ2v) is 9.84. The monoisotopic (exact) mass is 419 g/mol. The maximum absolute atomic E-state index is 12.5. The van der Waals surface area contributed by atoms with Crippen LogP contribution in [0.3, 0.4) is 0 Å². The molecule has 1 fully saturated rings. The van der Waals surface area contributed by atoms with Crippen LogP contribution in [0.15, 0.2) is 52.5 Å². The molecule has 0 aliphatic carbocycles. The number of carbonyl (C=O) groups excluding carboxylic acids is 1. The van der Waals surface area contributed by atoms with Crippen molar-refractivity contribution in [1.29, 1.82) is 0 Å². The van der Waals surface area contributed by atoms with E-state index in [1.54, 1.807) is 24.1 Å². The Kier molecular flexibility index (Phi) is 6.74. The van der Waals surface area contributed by atoms with Gasteiger partial charge in [0.15, 0.2) is 0 Å². The predicted molar refractivity (Wildman–Crippen MR) is 111 cm³/mol. The summed E-state index contributed by atoms with van der Waals surface area (Å²) in [6.45, 7) is 3.73. The predicted octanol–water partition coefficient (Wildman–Crippen LogP) is 2.93. The molecule has 0 radical (unpaired) electrons. The molecule has 3 rings (SSSR count). The van der Waals surface area contributed by atoms with Crippen LogP contribution in [0.1, 0.15) is 24.0 Å². The quantitative estimate of drug-likeness (QED) is 0.646. The summed E-state index contributed by atoms with van der Waals surface area (Å²) in [6, 6.07) is 11.2. The Morgan fingerprint density at radius 3 is 2.54 bits per heavy atom. The van der Waals surface area contributed by atoms with Crippen molar-refractivity contribution in [3.63, 3.8) is 0 Å². The summed E-state index contributed by atoms with van der Waals surface area (Å²) in [5, 5.41) is 0.637. The van der Waals surface area contributed by atoms with Crippen molar-refractivity contribution < 1.29 is 13.2 Å². The number of rotatable bonds is 7. The van der Waals surface area contributed by atoms with Crippen molar-refractivity contribution in [2.45, 2.75) is 36.2 Å². The molecule has 2 heterocycles. The summed E-state index contributed by atoms with van der Waals surface area (Å²) in [5.74, 6) is 0.261. The first kappa shape index (κ1) is 20.8. The number of amides is 1. The van der Waals surface area contributed by atoms with Gasteiger partial charge in [0.2, 0.25) is 15.9 Å². The van der Waals surface area contributed by atoms with E-state index in [1.165, 1.54) is 22.3 Å². The summed E-state index contributed by atoms with van der Waals surface area (Å²) in [7, 11) is -1.67. The van der Waals surface area contributed by atoms with Crippen molar-refractivity contribution in [3.8, 4) is 0 Å². The third-order valence-electron chi connectivity index (χ3n) is 4.85. The lowest BCUT2D eigenvalue weighted by atomic mass is 10.1. The highest BCUT2D eigenvalue weighted by Gasteiger charge is 2.27. The molecular weight excluding hydrogens is 394 g/mol. The largest absolute Gasteiger partial charge is 0.341 e. The summed E-state index contributed by atoms with van der Waals surface area (Å²) in [4.78, 5) is 18.5. The van der Waals surface area contributed by atoms with Crippen LogP contribution in [0.25, 0.3) is 0 Å². The molecular formula is C20H25N3O3S2. The van der Waals surface area contributed by atoms with Crippen molar-refractivity contribution >= 4 is 27.7 Å². The molecule has 0 bridgehead atoms. The third kappa shape index (κ3) is 4.92. The van der Waals surface area contributed by atoms with Crippen LogP contribution < -0.4 is 0 Å². The molecule has 0 atom stereocenters. The van der Waals surface area contributed by atoms with Gasteiger partial charge in [0.1, 0.15) is 4.90 Å². The van der Waals surface area contributed by atoms with Gasteiger partial charge in [0.05, 0.1) is 10.8 Å². The van der Waals surface area contributed by atoms with Crippen LogP contribution in [0.5, 0.6) is 0 Å². The van der Waals surface area contributed by atoms with Crippen LogP contribution in [0.2, 0.25) is 0 Å². The molecule has 1 amide bonds. The minimum Gasteiger partial charge on any atom is -0.341 e. The summed E-state index contributed by atoms with van der Waals surface area (Å²) in [5.41, 5.74) is 2.28. The Morgan fingerprint density at radius 2 is 1.89 bits per heavy atom. The summed E-state index contributed by atoms with van der Waals surface area (Å²) >= 11 is 1.31. The van der Waals surface area contributed by atoms with Gasteiger partial charge >= 0.3 is 0 Å². The average molecular weight is 420 g/mol. The van der Waals surface area contributed by atoms with Gasteiger partial charge in [-0.15, -0.1) is 0 Å². The van der Waals surface area contributed by atoms with E-state index >= 15 is 0 Å². The number of hydrogen-bond donors (Lipinski definition) is 0. The molecule has 0 saturated carbocycles. The number of aromatic nitrogens is 1. The Balaban J connectivity index is 1.55. The van der Waals surface area contributed by atoms with Gasteiger partial charge in [-0.3, -0.25) is 4.79 Å². The highest BCUT2D eigenvalue weighted by molar-refractivity contribution is 7.99. The third-order valence-corrected chi connectivity index (χ3v) is 7.66. The van der Waals surface area contributed by atoms with E-state index in [0.717, 1.165) is 24.0 Å². The number of nitrogens with zero attached hydrogens (tertiary/aromatic N) is 3. The second kappa shape index (κ2) is 9.07. The van der Waals surface area contributed by atoms with E-state index in [0.29, 0.717) is 24.7 Å². The van der Waals surface area contributed by atoms with Gasteiger partial charge in [-0.1, -0.05) is 36.0 Å². The standard InChI is InChI=1S/C20H25N3O3S2/c1-16-7-3-4-8-17(16)14-22(2)20(24)15-27-19-10-9-18(13-21-19)28(25,26)23-11-5-6-12-23/h3-4,7-10,13H,5-6,11-12,14-15H2,1-2H3.